The number of carbonyl (C=O) groups is 2. The summed E-state index contributed by atoms with van der Waals surface area (Å²) in [5.41, 5.74) is 0. The molecular weight excluding hydrogens is 885 g/mol. The van der Waals surface area contributed by atoms with Gasteiger partial charge in [0.1, 0.15) is 6.61 Å². The van der Waals surface area contributed by atoms with Crippen LogP contribution in [-0.2, 0) is 19.1 Å². The zero-order valence-corrected chi connectivity index (χ0v) is 47.4. The van der Waals surface area contributed by atoms with Crippen molar-refractivity contribution in [1.29, 1.82) is 0 Å². The molecule has 0 radical (unpaired) electrons. The van der Waals surface area contributed by atoms with Gasteiger partial charge in [-0.05, 0) is 77.0 Å². The monoisotopic (exact) mass is 1000 g/mol. The highest BCUT2D eigenvalue weighted by atomic mass is 16.6. The van der Waals surface area contributed by atoms with Gasteiger partial charge in [0.25, 0.3) is 0 Å². The number of unbranched alkanes of at least 4 members (excludes halogenated alkanes) is 32. The van der Waals surface area contributed by atoms with Crippen LogP contribution in [0.15, 0.2) is 97.2 Å². The number of aliphatic hydroxyl groups excluding tert-OH is 1. The fourth-order valence-corrected chi connectivity index (χ4v) is 8.81. The van der Waals surface area contributed by atoms with Crippen LogP contribution in [0.3, 0.4) is 0 Å². The average molecular weight is 1000 g/mol. The van der Waals surface area contributed by atoms with E-state index < -0.39 is 6.10 Å². The van der Waals surface area contributed by atoms with Gasteiger partial charge in [-0.2, -0.15) is 0 Å². The lowest BCUT2D eigenvalue weighted by molar-refractivity contribution is -0.161. The van der Waals surface area contributed by atoms with E-state index in [9.17, 15) is 14.7 Å². The number of allylic oxidation sites excluding steroid dienone is 16. The molecule has 0 aliphatic rings. The van der Waals surface area contributed by atoms with Crippen molar-refractivity contribution in [1.82, 2.24) is 0 Å². The van der Waals surface area contributed by atoms with E-state index in [4.69, 9.17) is 9.47 Å². The quantitative estimate of drug-likeness (QED) is 0.0373. The second kappa shape index (κ2) is 62.1. The van der Waals surface area contributed by atoms with Gasteiger partial charge >= 0.3 is 11.9 Å². The number of hydrogen-bond donors (Lipinski definition) is 1. The highest BCUT2D eigenvalue weighted by Gasteiger charge is 2.16. The molecule has 1 N–H and O–H groups in total. The Kier molecular flexibility index (Phi) is 59.4. The van der Waals surface area contributed by atoms with E-state index in [1.54, 1.807) is 0 Å². The molecule has 414 valence electrons. The van der Waals surface area contributed by atoms with Crippen molar-refractivity contribution >= 4 is 11.9 Å². The van der Waals surface area contributed by atoms with Crippen LogP contribution in [0, 0.1) is 0 Å². The van der Waals surface area contributed by atoms with Crippen LogP contribution in [0.1, 0.15) is 296 Å². The fraction of sp³-hybridized carbons (Fsp3) is 0.731. The summed E-state index contributed by atoms with van der Waals surface area (Å²) in [6.07, 6.45) is 88.3. The predicted octanol–water partition coefficient (Wildman–Crippen LogP) is 21.1. The lowest BCUT2D eigenvalue weighted by Crippen LogP contribution is -2.28. The Hall–Kier alpha value is -3.18. The fourth-order valence-electron chi connectivity index (χ4n) is 8.81. The van der Waals surface area contributed by atoms with E-state index in [0.717, 1.165) is 103 Å². The molecule has 0 aromatic rings. The smallest absolute Gasteiger partial charge is 0.306 e. The van der Waals surface area contributed by atoms with Crippen molar-refractivity contribution in [3.8, 4) is 0 Å². The Morgan fingerprint density at radius 3 is 0.903 bits per heavy atom. The van der Waals surface area contributed by atoms with E-state index in [2.05, 4.69) is 111 Å². The maximum atomic E-state index is 12.3. The molecule has 0 aliphatic heterocycles. The minimum atomic E-state index is -0.792. The molecule has 0 bridgehead atoms. The van der Waals surface area contributed by atoms with Crippen LogP contribution < -0.4 is 0 Å². The molecule has 0 spiro atoms. The summed E-state index contributed by atoms with van der Waals surface area (Å²) in [6.45, 7) is 4.04. The third-order valence-electron chi connectivity index (χ3n) is 13.4. The van der Waals surface area contributed by atoms with Crippen LogP contribution in [0.4, 0.5) is 0 Å². The first-order valence-corrected chi connectivity index (χ1v) is 30.8. The second-order valence-electron chi connectivity index (χ2n) is 20.4. The van der Waals surface area contributed by atoms with E-state index >= 15 is 0 Å². The normalized spacial score (nSPS) is 12.9. The van der Waals surface area contributed by atoms with Crippen molar-refractivity contribution in [2.75, 3.05) is 13.2 Å². The van der Waals surface area contributed by atoms with Gasteiger partial charge in [-0.15, -0.1) is 0 Å². The highest BCUT2D eigenvalue weighted by Crippen LogP contribution is 2.17. The Morgan fingerprint density at radius 2 is 0.597 bits per heavy atom. The van der Waals surface area contributed by atoms with Gasteiger partial charge in [0.05, 0.1) is 6.61 Å². The van der Waals surface area contributed by atoms with Gasteiger partial charge in [-0.25, -0.2) is 0 Å². The SMILES string of the molecule is CC/C=C\C/C=C\C/C=C\C/C=C\C/C=C\C/C=C\C/C=C\C/C=C\CCCCCCC(=O)OC(CO)COC(=O)CCCCCCCCCCCCCCCCCCCCCCCCCCCCCCC. The summed E-state index contributed by atoms with van der Waals surface area (Å²) in [4.78, 5) is 24.6. The van der Waals surface area contributed by atoms with Gasteiger partial charge in [-0.1, -0.05) is 304 Å². The summed E-state index contributed by atoms with van der Waals surface area (Å²) in [7, 11) is 0. The molecule has 0 amide bonds. The molecule has 0 saturated carbocycles. The molecule has 0 fully saturated rings. The van der Waals surface area contributed by atoms with Gasteiger partial charge in [0, 0.05) is 12.8 Å². The van der Waals surface area contributed by atoms with Crippen molar-refractivity contribution in [2.45, 2.75) is 302 Å². The molecule has 0 rings (SSSR count). The first-order valence-electron chi connectivity index (χ1n) is 30.8. The Morgan fingerprint density at radius 1 is 0.333 bits per heavy atom. The highest BCUT2D eigenvalue weighted by molar-refractivity contribution is 5.70. The molecule has 0 heterocycles. The average Bonchev–Trinajstić information content (AvgIpc) is 3.38. The minimum Gasteiger partial charge on any atom is -0.462 e. The number of carbonyl (C=O) groups excluding carboxylic acids is 2. The molecule has 0 aromatic heterocycles. The number of aliphatic hydroxyl groups is 1. The maximum absolute atomic E-state index is 12.3. The molecule has 72 heavy (non-hydrogen) atoms. The Labute approximate surface area is 447 Å². The topological polar surface area (TPSA) is 72.8 Å². The number of rotatable bonds is 56. The van der Waals surface area contributed by atoms with E-state index in [1.165, 1.54) is 167 Å². The maximum Gasteiger partial charge on any atom is 0.306 e. The molecule has 0 saturated heterocycles. The van der Waals surface area contributed by atoms with Gasteiger partial charge in [0.15, 0.2) is 6.10 Å². The summed E-state index contributed by atoms with van der Waals surface area (Å²) < 4.78 is 10.7. The van der Waals surface area contributed by atoms with E-state index in [0.29, 0.717) is 12.8 Å². The molecule has 0 aliphatic carbocycles. The first kappa shape index (κ1) is 68.8. The van der Waals surface area contributed by atoms with Gasteiger partial charge < -0.3 is 14.6 Å². The standard InChI is InChI=1S/C67H116O5/c1-3-5-7-9-11-13-15-17-19-21-23-25-27-29-31-33-35-37-39-41-43-45-47-49-51-53-55-57-59-61-66(69)71-64-65(63-68)72-67(70)62-60-58-56-54-52-50-48-46-44-42-40-38-36-34-32-30-28-26-24-22-20-18-16-14-12-10-8-6-4-2/h6,8,12,14,18,20,24,26,30,32,36,38,42,44,48,50,65,68H,3-5,7,9-11,13,15-17,19,21-23,25,27-29,31,33-35,37,39-41,43,45-47,49,51-64H2,1-2H3/b8-6-,14-12-,20-18-,26-24-,32-30-,38-36-,44-42-,50-48-. The van der Waals surface area contributed by atoms with Crippen LogP contribution in [0.5, 0.6) is 0 Å². The van der Waals surface area contributed by atoms with Crippen LogP contribution in [0.2, 0.25) is 0 Å². The molecule has 1 unspecified atom stereocenters. The summed E-state index contributed by atoms with van der Waals surface area (Å²) >= 11 is 0. The van der Waals surface area contributed by atoms with Crippen LogP contribution in [0.25, 0.3) is 0 Å². The molecule has 5 nitrogen and oxygen atoms in total. The van der Waals surface area contributed by atoms with Crippen LogP contribution in [-0.4, -0.2) is 36.4 Å². The Bertz CT molecular complexity index is 1360. The van der Waals surface area contributed by atoms with Gasteiger partial charge in [0.2, 0.25) is 0 Å². The zero-order chi connectivity index (χ0) is 52.0. The third kappa shape index (κ3) is 59.4. The number of ether oxygens (including phenoxy) is 2. The number of hydrogen-bond acceptors (Lipinski definition) is 5. The van der Waals surface area contributed by atoms with E-state index in [1.807, 2.05) is 0 Å². The molecule has 1 atom stereocenters. The van der Waals surface area contributed by atoms with Crippen molar-refractivity contribution in [2.24, 2.45) is 0 Å². The van der Waals surface area contributed by atoms with Crippen molar-refractivity contribution in [3.05, 3.63) is 97.2 Å². The van der Waals surface area contributed by atoms with E-state index in [-0.39, 0.29) is 25.2 Å². The van der Waals surface area contributed by atoms with Gasteiger partial charge in [-0.3, -0.25) is 9.59 Å². The molecule has 5 heteroatoms. The number of esters is 2. The van der Waals surface area contributed by atoms with Crippen LogP contribution >= 0.6 is 0 Å². The second-order valence-corrected chi connectivity index (χ2v) is 20.4. The third-order valence-corrected chi connectivity index (χ3v) is 13.4. The van der Waals surface area contributed by atoms with Crippen molar-refractivity contribution in [3.63, 3.8) is 0 Å². The molecule has 0 aromatic carbocycles. The zero-order valence-electron chi connectivity index (χ0n) is 47.4. The predicted molar refractivity (Wildman–Crippen MR) is 316 cm³/mol. The largest absolute Gasteiger partial charge is 0.462 e. The summed E-state index contributed by atoms with van der Waals surface area (Å²) in [6, 6.07) is 0. The first-order chi connectivity index (χ1) is 35.6. The lowest BCUT2D eigenvalue weighted by Gasteiger charge is -2.15. The summed E-state index contributed by atoms with van der Waals surface area (Å²) in [5, 5.41) is 9.67. The Balaban J connectivity index is 3.53. The minimum absolute atomic E-state index is 0.0787. The lowest BCUT2D eigenvalue weighted by atomic mass is 10.0. The van der Waals surface area contributed by atoms with Crippen molar-refractivity contribution < 1.29 is 24.2 Å². The summed E-state index contributed by atoms with van der Waals surface area (Å²) in [5.74, 6) is -0.614. The molecular formula is C67H116O5.